The molecule has 0 aliphatic heterocycles. The predicted octanol–water partition coefficient (Wildman–Crippen LogP) is 4.33. The molecule has 1 heterocycles. The number of aromatic nitrogens is 2. The number of hydrogen-bond acceptors (Lipinski definition) is 9. The van der Waals surface area contributed by atoms with Gasteiger partial charge in [-0.15, -0.1) is 4.36 Å². The van der Waals surface area contributed by atoms with Crippen molar-refractivity contribution in [1.82, 2.24) is 9.97 Å². The molecule has 0 aliphatic carbocycles. The first-order valence-electron chi connectivity index (χ1n) is 10.2. The summed E-state index contributed by atoms with van der Waals surface area (Å²) in [6.45, 7) is 4.81. The molecule has 1 unspecified atom stereocenters. The Morgan fingerprint density at radius 1 is 1.27 bits per heavy atom. The Bertz CT molecular complexity index is 1120. The molecule has 2 aromatic rings. The fraction of sp³-hybridized carbons (Fsp3) is 0.450. The van der Waals surface area contributed by atoms with E-state index in [0.29, 0.717) is 29.5 Å². The molecule has 2 N–H and O–H groups in total. The Hall–Kier alpha value is -2.99. The van der Waals surface area contributed by atoms with Gasteiger partial charge in [0, 0.05) is 43.2 Å². The Morgan fingerprint density at radius 3 is 2.64 bits per heavy atom. The van der Waals surface area contributed by atoms with Crippen molar-refractivity contribution < 1.29 is 23.5 Å². The zero-order valence-electron chi connectivity index (χ0n) is 19.0. The molecule has 0 spiro atoms. The van der Waals surface area contributed by atoms with E-state index in [2.05, 4.69) is 29.8 Å². The number of ether oxygens (including phenoxy) is 1. The number of unbranched alkanes of at least 4 members (excludes halogenated alkanes) is 1. The number of amides is 1. The number of carbonyl (C=O) groups is 1. The first kappa shape index (κ1) is 26.3. The average molecular weight is 500 g/mol. The standard InChI is InChI=1S/C20H27ClN6O5S/c1-5-32-20(28)26-33(4,30)17-9-8-15(27(29)31-3)12-16(17)22-10-6-7-11-23-18-14(2)13-24-19(21)25-18/h8-9,12-13H,5-7,10-11H2,1-4H3,(H-,22,23,24,25,26,28,30)/p+1. The van der Waals surface area contributed by atoms with Crippen LogP contribution in [0.25, 0.3) is 0 Å². The van der Waals surface area contributed by atoms with Gasteiger partial charge in [-0.3, -0.25) is 0 Å². The van der Waals surface area contributed by atoms with Gasteiger partial charge in [0.05, 0.1) is 31.8 Å². The van der Waals surface area contributed by atoms with Crippen molar-refractivity contribution in [3.05, 3.63) is 40.2 Å². The molecular formula is C20H28ClN6O5S+. The van der Waals surface area contributed by atoms with Crippen molar-refractivity contribution in [2.45, 2.75) is 31.6 Å². The highest BCUT2D eigenvalue weighted by Crippen LogP contribution is 2.28. The summed E-state index contributed by atoms with van der Waals surface area (Å²) in [5, 5.41) is 6.57. The molecule has 180 valence electrons. The fourth-order valence-electron chi connectivity index (χ4n) is 2.83. The second kappa shape index (κ2) is 12.3. The maximum atomic E-state index is 13.1. The highest BCUT2D eigenvalue weighted by molar-refractivity contribution is 7.93. The average Bonchev–Trinajstić information content (AvgIpc) is 2.77. The molecule has 1 atom stereocenters. The Labute approximate surface area is 198 Å². The molecule has 1 aromatic heterocycles. The van der Waals surface area contributed by atoms with Gasteiger partial charge in [0.15, 0.2) is 7.11 Å². The maximum absolute atomic E-state index is 13.1. The van der Waals surface area contributed by atoms with Gasteiger partial charge in [0.1, 0.15) is 5.82 Å². The lowest BCUT2D eigenvalue weighted by molar-refractivity contribution is -0.736. The molecule has 0 fully saturated rings. The Balaban J connectivity index is 2.08. The van der Waals surface area contributed by atoms with Crippen LogP contribution >= 0.6 is 11.6 Å². The van der Waals surface area contributed by atoms with E-state index in [1.54, 1.807) is 13.1 Å². The minimum absolute atomic E-state index is 0.121. The van der Waals surface area contributed by atoms with Crippen molar-refractivity contribution in [2.24, 2.45) is 4.36 Å². The van der Waals surface area contributed by atoms with E-state index < -0.39 is 15.8 Å². The van der Waals surface area contributed by atoms with Crippen LogP contribution in [0.15, 0.2) is 33.7 Å². The summed E-state index contributed by atoms with van der Waals surface area (Å²) in [5.74, 6) is 0.680. The third kappa shape index (κ3) is 7.82. The number of aryl methyl sites for hydroxylation is 1. The highest BCUT2D eigenvalue weighted by Gasteiger charge is 2.21. The van der Waals surface area contributed by atoms with Crippen molar-refractivity contribution in [3.8, 4) is 0 Å². The molecule has 0 bridgehead atoms. The first-order chi connectivity index (χ1) is 15.7. The molecule has 0 radical (unpaired) electrons. The van der Waals surface area contributed by atoms with Crippen molar-refractivity contribution in [3.63, 3.8) is 0 Å². The van der Waals surface area contributed by atoms with Gasteiger partial charge in [-0.25, -0.2) is 23.8 Å². The molecule has 2 rings (SSSR count). The minimum Gasteiger partial charge on any atom is -0.448 e. The molecule has 13 heteroatoms. The number of anilines is 2. The van der Waals surface area contributed by atoms with E-state index in [0.717, 1.165) is 18.4 Å². The SMILES string of the molecule is CCOC(=O)N=S(C)(=O)c1ccc([N+](=O)OC)cc1NCCCCNc1nc(Cl)ncc1C. The van der Waals surface area contributed by atoms with E-state index in [9.17, 15) is 13.9 Å². The lowest BCUT2D eigenvalue weighted by atomic mass is 10.2. The van der Waals surface area contributed by atoms with E-state index in [-0.39, 0.29) is 22.5 Å². The van der Waals surface area contributed by atoms with E-state index in [1.165, 1.54) is 31.6 Å². The number of nitrogens with zero attached hydrogens (tertiary/aromatic N) is 4. The summed E-state index contributed by atoms with van der Waals surface area (Å²) in [5.41, 5.74) is 1.51. The lowest BCUT2D eigenvalue weighted by Gasteiger charge is -2.13. The molecule has 33 heavy (non-hydrogen) atoms. The minimum atomic E-state index is -3.12. The van der Waals surface area contributed by atoms with Crippen LogP contribution in [0.5, 0.6) is 0 Å². The summed E-state index contributed by atoms with van der Waals surface area (Å²) in [6, 6.07) is 4.43. The number of halogens is 1. The second-order valence-corrected chi connectivity index (χ2v) is 9.51. The van der Waals surface area contributed by atoms with E-state index in [1.807, 2.05) is 6.92 Å². The fourth-order valence-corrected chi connectivity index (χ4v) is 4.25. The van der Waals surface area contributed by atoms with Crippen LogP contribution in [0.3, 0.4) is 0 Å². The Morgan fingerprint density at radius 2 is 1.97 bits per heavy atom. The second-order valence-electron chi connectivity index (χ2n) is 6.94. The van der Waals surface area contributed by atoms with E-state index >= 15 is 0 Å². The van der Waals surface area contributed by atoms with Gasteiger partial charge < -0.3 is 15.4 Å². The van der Waals surface area contributed by atoms with Crippen molar-refractivity contribution >= 4 is 44.6 Å². The number of carbonyl (C=O) groups excluding carboxylic acids is 1. The zero-order valence-corrected chi connectivity index (χ0v) is 20.5. The van der Waals surface area contributed by atoms with Crippen LogP contribution in [0, 0.1) is 11.8 Å². The molecule has 0 saturated carbocycles. The lowest BCUT2D eigenvalue weighted by Crippen LogP contribution is -2.12. The summed E-state index contributed by atoms with van der Waals surface area (Å²) < 4.78 is 21.6. The Kier molecular flexibility index (Phi) is 9.79. The smallest absolute Gasteiger partial charge is 0.442 e. The summed E-state index contributed by atoms with van der Waals surface area (Å²) in [6.07, 6.45) is 3.63. The zero-order chi connectivity index (χ0) is 24.4. The molecule has 0 saturated heterocycles. The monoisotopic (exact) mass is 499 g/mol. The van der Waals surface area contributed by atoms with Gasteiger partial charge >= 0.3 is 11.8 Å². The number of benzene rings is 1. The first-order valence-corrected chi connectivity index (χ1v) is 12.5. The summed E-state index contributed by atoms with van der Waals surface area (Å²) in [4.78, 5) is 37.0. The predicted molar refractivity (Wildman–Crippen MR) is 127 cm³/mol. The molecule has 1 aromatic carbocycles. The summed E-state index contributed by atoms with van der Waals surface area (Å²) >= 11 is 5.83. The van der Waals surface area contributed by atoms with Crippen LogP contribution in [-0.2, 0) is 19.3 Å². The van der Waals surface area contributed by atoms with Crippen LogP contribution in [0.1, 0.15) is 25.3 Å². The molecular weight excluding hydrogens is 472 g/mol. The summed E-state index contributed by atoms with van der Waals surface area (Å²) in [7, 11) is -1.87. The third-order valence-corrected chi connectivity index (χ3v) is 6.27. The molecule has 0 aliphatic rings. The van der Waals surface area contributed by atoms with Gasteiger partial charge in [-0.1, -0.05) is 0 Å². The largest absolute Gasteiger partial charge is 0.448 e. The van der Waals surface area contributed by atoms with Crippen LogP contribution in [0.4, 0.5) is 22.0 Å². The van der Waals surface area contributed by atoms with Crippen molar-refractivity contribution in [2.75, 3.05) is 43.7 Å². The molecule has 11 nitrogen and oxygen atoms in total. The maximum Gasteiger partial charge on any atom is 0.442 e. The van der Waals surface area contributed by atoms with Crippen LogP contribution < -0.4 is 10.6 Å². The normalized spacial score (nSPS) is 12.4. The topological polar surface area (TPSA) is 135 Å². The highest BCUT2D eigenvalue weighted by atomic mass is 35.5. The van der Waals surface area contributed by atoms with E-state index in [4.69, 9.17) is 16.3 Å². The van der Waals surface area contributed by atoms with Gasteiger partial charge in [0.2, 0.25) is 5.28 Å². The van der Waals surface area contributed by atoms with Gasteiger partial charge in [0.25, 0.3) is 4.92 Å². The van der Waals surface area contributed by atoms with Crippen LogP contribution in [-0.4, -0.2) is 58.3 Å². The van der Waals surface area contributed by atoms with Gasteiger partial charge in [-0.05, 0) is 44.4 Å². The van der Waals surface area contributed by atoms with Crippen LogP contribution in [0.2, 0.25) is 5.28 Å². The number of rotatable bonds is 11. The van der Waals surface area contributed by atoms with Crippen molar-refractivity contribution in [1.29, 1.82) is 0 Å². The van der Waals surface area contributed by atoms with Gasteiger partial charge in [-0.2, -0.15) is 0 Å². The quantitative estimate of drug-likeness (QED) is 0.263. The number of nitrogens with one attached hydrogen (secondary N) is 2. The third-order valence-electron chi connectivity index (χ3n) is 4.42. The number of hydrogen-bond donors (Lipinski definition) is 2. The molecule has 1 amide bonds.